The van der Waals surface area contributed by atoms with Gasteiger partial charge in [-0.3, -0.25) is 9.78 Å². The first-order valence-electron chi connectivity index (χ1n) is 3.62. The van der Waals surface area contributed by atoms with Crippen LogP contribution in [-0.4, -0.2) is 10.8 Å². The lowest BCUT2D eigenvalue weighted by atomic mass is 10.2. The first kappa shape index (κ1) is 7.03. The number of fused-ring (bicyclic) bond motifs is 1. The fraction of sp³-hybridized carbons (Fsp3) is 0.111. The standard InChI is InChI=1S/C9H7NO2/c1-6(11)9-7-3-5-12-8(7)2-4-10-9/h2-5H,1H3. The summed E-state index contributed by atoms with van der Waals surface area (Å²) >= 11 is 0. The summed E-state index contributed by atoms with van der Waals surface area (Å²) in [5, 5.41) is 0.782. The number of furan rings is 1. The Bertz CT molecular complexity index is 431. The highest BCUT2D eigenvalue weighted by molar-refractivity contribution is 6.03. The number of carbonyl (C=O) groups is 1. The number of Topliss-reactive ketones (excluding diaryl/α,β-unsaturated/α-hetero) is 1. The van der Waals surface area contributed by atoms with E-state index in [0.29, 0.717) is 11.3 Å². The first-order valence-corrected chi connectivity index (χ1v) is 3.62. The molecule has 2 heterocycles. The highest BCUT2D eigenvalue weighted by Crippen LogP contribution is 2.17. The van der Waals surface area contributed by atoms with E-state index in [1.807, 2.05) is 0 Å². The van der Waals surface area contributed by atoms with E-state index < -0.39 is 0 Å². The molecule has 0 saturated carbocycles. The van der Waals surface area contributed by atoms with Gasteiger partial charge in [0.25, 0.3) is 0 Å². The molecule has 60 valence electrons. The molecule has 2 aromatic heterocycles. The average molecular weight is 161 g/mol. The second-order valence-corrected chi connectivity index (χ2v) is 2.55. The van der Waals surface area contributed by atoms with Gasteiger partial charge in [0.05, 0.1) is 6.26 Å². The van der Waals surface area contributed by atoms with Gasteiger partial charge in [0, 0.05) is 18.5 Å². The zero-order chi connectivity index (χ0) is 8.55. The van der Waals surface area contributed by atoms with E-state index in [9.17, 15) is 4.79 Å². The molecule has 0 spiro atoms. The van der Waals surface area contributed by atoms with Crippen LogP contribution in [0.25, 0.3) is 11.0 Å². The summed E-state index contributed by atoms with van der Waals surface area (Å²) in [6, 6.07) is 3.49. The van der Waals surface area contributed by atoms with E-state index in [2.05, 4.69) is 4.98 Å². The molecule has 12 heavy (non-hydrogen) atoms. The minimum Gasteiger partial charge on any atom is -0.464 e. The predicted molar refractivity (Wildman–Crippen MR) is 44.0 cm³/mol. The van der Waals surface area contributed by atoms with E-state index in [-0.39, 0.29) is 5.78 Å². The van der Waals surface area contributed by atoms with Crippen LogP contribution in [0, 0.1) is 0 Å². The Morgan fingerprint density at radius 2 is 2.33 bits per heavy atom. The minimum atomic E-state index is -0.0398. The summed E-state index contributed by atoms with van der Waals surface area (Å²) in [7, 11) is 0. The summed E-state index contributed by atoms with van der Waals surface area (Å²) < 4.78 is 5.12. The molecule has 0 atom stereocenters. The second kappa shape index (κ2) is 2.44. The number of rotatable bonds is 1. The number of hydrogen-bond acceptors (Lipinski definition) is 3. The minimum absolute atomic E-state index is 0.0398. The summed E-state index contributed by atoms with van der Waals surface area (Å²) in [5.74, 6) is -0.0398. The van der Waals surface area contributed by atoms with Crippen molar-refractivity contribution in [3.8, 4) is 0 Å². The fourth-order valence-corrected chi connectivity index (χ4v) is 1.18. The van der Waals surface area contributed by atoms with Gasteiger partial charge in [0.2, 0.25) is 0 Å². The Morgan fingerprint density at radius 1 is 1.50 bits per heavy atom. The quantitative estimate of drug-likeness (QED) is 0.601. The van der Waals surface area contributed by atoms with Crippen molar-refractivity contribution in [1.82, 2.24) is 4.98 Å². The molecule has 0 aliphatic rings. The third-order valence-electron chi connectivity index (χ3n) is 1.71. The Morgan fingerprint density at radius 3 is 3.08 bits per heavy atom. The maximum absolute atomic E-state index is 11.1. The first-order chi connectivity index (χ1) is 5.79. The van der Waals surface area contributed by atoms with Crippen molar-refractivity contribution >= 4 is 16.8 Å². The molecule has 3 nitrogen and oxygen atoms in total. The molecule has 0 saturated heterocycles. The third kappa shape index (κ3) is 0.906. The zero-order valence-corrected chi connectivity index (χ0v) is 6.57. The number of carbonyl (C=O) groups excluding carboxylic acids is 1. The van der Waals surface area contributed by atoms with Crippen molar-refractivity contribution in [3.05, 3.63) is 30.3 Å². The molecule has 3 heteroatoms. The number of hydrogen-bond donors (Lipinski definition) is 0. The molecule has 0 amide bonds. The van der Waals surface area contributed by atoms with Crippen LogP contribution < -0.4 is 0 Å². The molecular formula is C9H7NO2. The van der Waals surface area contributed by atoms with E-state index in [0.717, 1.165) is 5.39 Å². The van der Waals surface area contributed by atoms with Crippen molar-refractivity contribution in [2.45, 2.75) is 6.92 Å². The van der Waals surface area contributed by atoms with Gasteiger partial charge >= 0.3 is 0 Å². The van der Waals surface area contributed by atoms with Gasteiger partial charge in [0.1, 0.15) is 11.3 Å². The van der Waals surface area contributed by atoms with Gasteiger partial charge in [-0.15, -0.1) is 0 Å². The molecular weight excluding hydrogens is 154 g/mol. The number of aromatic nitrogens is 1. The maximum Gasteiger partial charge on any atom is 0.178 e. The van der Waals surface area contributed by atoms with Gasteiger partial charge in [-0.2, -0.15) is 0 Å². The van der Waals surface area contributed by atoms with Crippen molar-refractivity contribution in [2.75, 3.05) is 0 Å². The highest BCUT2D eigenvalue weighted by Gasteiger charge is 2.07. The SMILES string of the molecule is CC(=O)c1nccc2occc12. The second-order valence-electron chi connectivity index (χ2n) is 2.55. The predicted octanol–water partition coefficient (Wildman–Crippen LogP) is 2.03. The lowest BCUT2D eigenvalue weighted by molar-refractivity contribution is 0.101. The molecule has 2 aromatic rings. The van der Waals surface area contributed by atoms with Gasteiger partial charge in [-0.1, -0.05) is 0 Å². The van der Waals surface area contributed by atoms with Crippen molar-refractivity contribution in [2.24, 2.45) is 0 Å². The third-order valence-corrected chi connectivity index (χ3v) is 1.71. The average Bonchev–Trinajstić information content (AvgIpc) is 2.49. The van der Waals surface area contributed by atoms with Crippen LogP contribution in [0.15, 0.2) is 29.0 Å². The molecule has 0 fully saturated rings. The normalized spacial score (nSPS) is 10.4. The number of pyridine rings is 1. The van der Waals surface area contributed by atoms with E-state index in [1.165, 1.54) is 6.92 Å². The lowest BCUT2D eigenvalue weighted by Gasteiger charge is -1.93. The monoisotopic (exact) mass is 161 g/mol. The van der Waals surface area contributed by atoms with Gasteiger partial charge < -0.3 is 4.42 Å². The van der Waals surface area contributed by atoms with Gasteiger partial charge in [0.15, 0.2) is 5.78 Å². The van der Waals surface area contributed by atoms with E-state index in [4.69, 9.17) is 4.42 Å². The van der Waals surface area contributed by atoms with Crippen LogP contribution in [-0.2, 0) is 0 Å². The van der Waals surface area contributed by atoms with Gasteiger partial charge in [-0.05, 0) is 12.1 Å². The lowest BCUT2D eigenvalue weighted by Crippen LogP contribution is -1.95. The van der Waals surface area contributed by atoms with Crippen LogP contribution in [0.5, 0.6) is 0 Å². The van der Waals surface area contributed by atoms with Crippen LogP contribution in [0.2, 0.25) is 0 Å². The van der Waals surface area contributed by atoms with Crippen molar-refractivity contribution < 1.29 is 9.21 Å². The fourth-order valence-electron chi connectivity index (χ4n) is 1.18. The molecule has 2 rings (SSSR count). The van der Waals surface area contributed by atoms with Crippen molar-refractivity contribution in [1.29, 1.82) is 0 Å². The Balaban J connectivity index is 2.82. The summed E-state index contributed by atoms with van der Waals surface area (Å²) in [6.07, 6.45) is 3.13. The topological polar surface area (TPSA) is 43.1 Å². The van der Waals surface area contributed by atoms with Crippen LogP contribution in [0.1, 0.15) is 17.4 Å². The Kier molecular flexibility index (Phi) is 1.43. The van der Waals surface area contributed by atoms with E-state index >= 15 is 0 Å². The summed E-state index contributed by atoms with van der Waals surface area (Å²) in [5.41, 5.74) is 1.18. The van der Waals surface area contributed by atoms with Crippen LogP contribution >= 0.6 is 0 Å². The molecule has 0 N–H and O–H groups in total. The molecule has 0 bridgehead atoms. The van der Waals surface area contributed by atoms with Gasteiger partial charge in [-0.25, -0.2) is 0 Å². The van der Waals surface area contributed by atoms with E-state index in [1.54, 1.807) is 24.6 Å². The summed E-state index contributed by atoms with van der Waals surface area (Å²) in [4.78, 5) is 15.0. The molecule has 0 aliphatic heterocycles. The smallest absolute Gasteiger partial charge is 0.178 e. The molecule has 0 unspecified atom stereocenters. The number of nitrogens with zero attached hydrogens (tertiary/aromatic N) is 1. The molecule has 0 radical (unpaired) electrons. The summed E-state index contributed by atoms with van der Waals surface area (Å²) in [6.45, 7) is 1.49. The Labute approximate surface area is 69.0 Å². The molecule has 0 aromatic carbocycles. The Hall–Kier alpha value is -1.64. The van der Waals surface area contributed by atoms with Crippen molar-refractivity contribution in [3.63, 3.8) is 0 Å². The largest absolute Gasteiger partial charge is 0.464 e. The maximum atomic E-state index is 11.1. The van der Waals surface area contributed by atoms with Crippen LogP contribution in [0.4, 0.5) is 0 Å². The van der Waals surface area contributed by atoms with Crippen LogP contribution in [0.3, 0.4) is 0 Å². The molecule has 0 aliphatic carbocycles. The highest BCUT2D eigenvalue weighted by atomic mass is 16.3. The zero-order valence-electron chi connectivity index (χ0n) is 6.57. The number of ketones is 1.